The number of furan rings is 1. The van der Waals surface area contributed by atoms with Crippen molar-refractivity contribution in [3.05, 3.63) is 194 Å². The summed E-state index contributed by atoms with van der Waals surface area (Å²) in [6.45, 7) is 0. The molecule has 0 bridgehead atoms. The summed E-state index contributed by atoms with van der Waals surface area (Å²) in [5.41, 5.74) is 9.43. The number of pyridine rings is 1. The average molecular weight is 753 g/mol. The fraction of sp³-hybridized carbons (Fsp3) is 0. The number of nitrogens with zero attached hydrogens (tertiary/aromatic N) is 4. The standard InChI is InChI=1S/C54H32N4O/c1-2-11-39-32-42(28-19-33(39)9-1)54-57-52(37-23-17-34(18-24-37)40-29-30-44-41(31-40)27-20-35-10-3-4-12-43(35)44)56-53(58-54)38-25-21-36(22-26-38)49-45-13-5-6-14-46(45)51-50(55-49)47-15-7-8-16-48(47)59-51/h1-32H. The van der Waals surface area contributed by atoms with E-state index in [2.05, 4.69) is 164 Å². The Morgan fingerprint density at radius 3 is 1.54 bits per heavy atom. The molecule has 274 valence electrons. The largest absolute Gasteiger partial charge is 0.454 e. The highest BCUT2D eigenvalue weighted by Crippen LogP contribution is 2.38. The molecule has 0 aliphatic rings. The van der Waals surface area contributed by atoms with Crippen LogP contribution in [-0.4, -0.2) is 19.9 Å². The van der Waals surface area contributed by atoms with Crippen LogP contribution in [-0.2, 0) is 0 Å². The second-order valence-corrected chi connectivity index (χ2v) is 15.0. The van der Waals surface area contributed by atoms with Gasteiger partial charge in [0.15, 0.2) is 23.1 Å². The van der Waals surface area contributed by atoms with E-state index in [1.807, 2.05) is 30.3 Å². The molecule has 12 aromatic rings. The molecule has 0 fully saturated rings. The first-order valence-corrected chi connectivity index (χ1v) is 19.8. The first-order valence-electron chi connectivity index (χ1n) is 19.8. The van der Waals surface area contributed by atoms with Gasteiger partial charge in [0.1, 0.15) is 11.1 Å². The van der Waals surface area contributed by atoms with Crippen molar-refractivity contribution in [2.45, 2.75) is 0 Å². The van der Waals surface area contributed by atoms with Crippen molar-refractivity contribution in [2.24, 2.45) is 0 Å². The third-order valence-electron chi connectivity index (χ3n) is 11.5. The molecular formula is C54H32N4O. The topological polar surface area (TPSA) is 64.7 Å². The Bertz CT molecular complexity index is 3610. The molecule has 12 rings (SSSR count). The van der Waals surface area contributed by atoms with E-state index < -0.39 is 0 Å². The first-order chi connectivity index (χ1) is 29.2. The van der Waals surface area contributed by atoms with Gasteiger partial charge in [0.2, 0.25) is 0 Å². The van der Waals surface area contributed by atoms with Crippen molar-refractivity contribution in [3.8, 4) is 56.5 Å². The molecule has 0 aliphatic carbocycles. The van der Waals surface area contributed by atoms with E-state index in [1.165, 1.54) is 26.9 Å². The van der Waals surface area contributed by atoms with Gasteiger partial charge in [0.25, 0.3) is 0 Å². The van der Waals surface area contributed by atoms with E-state index in [-0.39, 0.29) is 0 Å². The SMILES string of the molecule is c1ccc2cc(-c3nc(-c4ccc(-c5ccc6c(ccc7ccccc76)c5)cc4)nc(-c4ccc(-c5nc6c7ccccc7oc6c6ccccc56)cc4)n3)ccc2c1. The number of para-hydroxylation sites is 1. The van der Waals surface area contributed by atoms with Crippen LogP contribution in [0.15, 0.2) is 199 Å². The summed E-state index contributed by atoms with van der Waals surface area (Å²) in [7, 11) is 0. The first kappa shape index (κ1) is 33.2. The maximum atomic E-state index is 6.32. The van der Waals surface area contributed by atoms with Crippen molar-refractivity contribution < 1.29 is 4.42 Å². The second-order valence-electron chi connectivity index (χ2n) is 15.0. The molecule has 0 radical (unpaired) electrons. The maximum Gasteiger partial charge on any atom is 0.164 e. The molecule has 0 aliphatic heterocycles. The lowest BCUT2D eigenvalue weighted by atomic mass is 9.97. The molecule has 0 saturated carbocycles. The third kappa shape index (κ3) is 5.63. The third-order valence-corrected chi connectivity index (χ3v) is 11.5. The molecule has 0 saturated heterocycles. The van der Waals surface area contributed by atoms with Crippen LogP contribution in [0.1, 0.15) is 0 Å². The lowest BCUT2D eigenvalue weighted by molar-refractivity contribution is 0.672. The highest BCUT2D eigenvalue weighted by molar-refractivity contribution is 6.16. The minimum absolute atomic E-state index is 0.602. The van der Waals surface area contributed by atoms with Crippen molar-refractivity contribution in [2.75, 3.05) is 0 Å². The molecule has 0 spiro atoms. The van der Waals surface area contributed by atoms with Gasteiger partial charge in [-0.1, -0.05) is 170 Å². The van der Waals surface area contributed by atoms with Crippen LogP contribution < -0.4 is 0 Å². The Hall–Kier alpha value is -8.02. The smallest absolute Gasteiger partial charge is 0.164 e. The van der Waals surface area contributed by atoms with E-state index in [0.717, 1.165) is 77.3 Å². The molecule has 59 heavy (non-hydrogen) atoms. The molecule has 5 nitrogen and oxygen atoms in total. The number of benzene rings is 9. The Kier molecular flexibility index (Phi) is 7.47. The summed E-state index contributed by atoms with van der Waals surface area (Å²) in [5, 5.41) is 10.4. The molecule has 0 amide bonds. The van der Waals surface area contributed by atoms with Crippen LogP contribution >= 0.6 is 0 Å². The quantitative estimate of drug-likeness (QED) is 0.164. The highest BCUT2D eigenvalue weighted by Gasteiger charge is 2.18. The number of rotatable bonds is 5. The number of hydrogen-bond acceptors (Lipinski definition) is 5. The van der Waals surface area contributed by atoms with Gasteiger partial charge in [-0.2, -0.15) is 0 Å². The minimum Gasteiger partial charge on any atom is -0.454 e. The molecular weight excluding hydrogens is 721 g/mol. The molecule has 0 N–H and O–H groups in total. The van der Waals surface area contributed by atoms with Crippen LogP contribution in [0.5, 0.6) is 0 Å². The Balaban J connectivity index is 0.950. The second kappa shape index (κ2) is 13.3. The van der Waals surface area contributed by atoms with Crippen LogP contribution in [0.3, 0.4) is 0 Å². The Morgan fingerprint density at radius 1 is 0.288 bits per heavy atom. The summed E-state index contributed by atoms with van der Waals surface area (Å²) in [6, 6.07) is 67.7. The van der Waals surface area contributed by atoms with E-state index in [4.69, 9.17) is 24.4 Å². The van der Waals surface area contributed by atoms with Crippen molar-refractivity contribution in [1.29, 1.82) is 0 Å². The predicted octanol–water partition coefficient (Wildman–Crippen LogP) is 14.1. The van der Waals surface area contributed by atoms with Gasteiger partial charge in [-0.15, -0.1) is 0 Å². The predicted molar refractivity (Wildman–Crippen MR) is 242 cm³/mol. The minimum atomic E-state index is 0.602. The molecule has 5 heteroatoms. The summed E-state index contributed by atoms with van der Waals surface area (Å²) >= 11 is 0. The van der Waals surface area contributed by atoms with Gasteiger partial charge < -0.3 is 4.42 Å². The fourth-order valence-corrected chi connectivity index (χ4v) is 8.48. The lowest BCUT2D eigenvalue weighted by Gasteiger charge is -2.11. The highest BCUT2D eigenvalue weighted by atomic mass is 16.3. The van der Waals surface area contributed by atoms with E-state index >= 15 is 0 Å². The monoisotopic (exact) mass is 752 g/mol. The van der Waals surface area contributed by atoms with Crippen molar-refractivity contribution >= 4 is 65.2 Å². The van der Waals surface area contributed by atoms with E-state index in [1.54, 1.807) is 0 Å². The number of aromatic nitrogens is 4. The van der Waals surface area contributed by atoms with Gasteiger partial charge in [0, 0.05) is 38.4 Å². The zero-order chi connectivity index (χ0) is 38.9. The fourth-order valence-electron chi connectivity index (χ4n) is 8.48. The summed E-state index contributed by atoms with van der Waals surface area (Å²) in [5.74, 6) is 1.84. The molecule has 9 aromatic carbocycles. The average Bonchev–Trinajstić information content (AvgIpc) is 3.70. The summed E-state index contributed by atoms with van der Waals surface area (Å²) < 4.78 is 6.32. The molecule has 0 unspecified atom stereocenters. The van der Waals surface area contributed by atoms with Crippen LogP contribution in [0.2, 0.25) is 0 Å². The Morgan fingerprint density at radius 2 is 0.780 bits per heavy atom. The molecule has 3 aromatic heterocycles. The zero-order valence-corrected chi connectivity index (χ0v) is 31.7. The normalized spacial score (nSPS) is 11.7. The van der Waals surface area contributed by atoms with E-state index in [9.17, 15) is 0 Å². The van der Waals surface area contributed by atoms with Crippen LogP contribution in [0.25, 0.3) is 122 Å². The number of fused-ring (bicyclic) bond motifs is 9. The van der Waals surface area contributed by atoms with Crippen LogP contribution in [0, 0.1) is 0 Å². The summed E-state index contributed by atoms with van der Waals surface area (Å²) in [6.07, 6.45) is 0. The van der Waals surface area contributed by atoms with Crippen molar-refractivity contribution in [3.63, 3.8) is 0 Å². The summed E-state index contributed by atoms with van der Waals surface area (Å²) in [4.78, 5) is 20.5. The van der Waals surface area contributed by atoms with Gasteiger partial charge in [-0.3, -0.25) is 0 Å². The zero-order valence-electron chi connectivity index (χ0n) is 31.7. The van der Waals surface area contributed by atoms with Gasteiger partial charge >= 0.3 is 0 Å². The maximum absolute atomic E-state index is 6.32. The molecule has 3 heterocycles. The van der Waals surface area contributed by atoms with Crippen LogP contribution in [0.4, 0.5) is 0 Å². The van der Waals surface area contributed by atoms with Crippen molar-refractivity contribution in [1.82, 2.24) is 19.9 Å². The van der Waals surface area contributed by atoms with E-state index in [0.29, 0.717) is 17.5 Å². The Labute approximate surface area is 338 Å². The number of hydrogen-bond donors (Lipinski definition) is 0. The lowest BCUT2D eigenvalue weighted by Crippen LogP contribution is -2.00. The molecule has 0 atom stereocenters. The van der Waals surface area contributed by atoms with Gasteiger partial charge in [-0.05, 0) is 67.7 Å². The van der Waals surface area contributed by atoms with Gasteiger partial charge in [-0.25, -0.2) is 19.9 Å². The van der Waals surface area contributed by atoms with Gasteiger partial charge in [0.05, 0.1) is 5.69 Å².